The standard InChI is InChI=1S/C20H28BrNO3/c1-15(2)5-4-6-16(3)13-14-25-20(24)12-11-19(23)22-18-9-7-17(21)8-10-18/h5,7-10,16H,4,6,11-14H2,1-3H3,(H,22,23)/t16-/m0/s1. The van der Waals surface area contributed by atoms with Gasteiger partial charge in [-0.15, -0.1) is 0 Å². The average molecular weight is 410 g/mol. The van der Waals surface area contributed by atoms with Crippen LogP contribution in [0.15, 0.2) is 40.4 Å². The van der Waals surface area contributed by atoms with E-state index in [1.54, 1.807) is 12.1 Å². The summed E-state index contributed by atoms with van der Waals surface area (Å²) in [6, 6.07) is 7.30. The molecular formula is C20H28BrNO3. The highest BCUT2D eigenvalue weighted by molar-refractivity contribution is 9.10. The average Bonchev–Trinajstić information content (AvgIpc) is 2.55. The third-order valence-corrected chi connectivity index (χ3v) is 4.30. The summed E-state index contributed by atoms with van der Waals surface area (Å²) in [5.74, 6) is 0.0147. The van der Waals surface area contributed by atoms with E-state index in [9.17, 15) is 9.59 Å². The lowest BCUT2D eigenvalue weighted by Gasteiger charge is -2.11. The topological polar surface area (TPSA) is 55.4 Å². The number of carbonyl (C=O) groups excluding carboxylic acids is 2. The molecule has 0 radical (unpaired) electrons. The summed E-state index contributed by atoms with van der Waals surface area (Å²) >= 11 is 3.34. The summed E-state index contributed by atoms with van der Waals surface area (Å²) in [5, 5.41) is 2.76. The number of esters is 1. The van der Waals surface area contributed by atoms with Gasteiger partial charge in [-0.3, -0.25) is 9.59 Å². The molecule has 1 N–H and O–H groups in total. The van der Waals surface area contributed by atoms with E-state index < -0.39 is 0 Å². The number of benzene rings is 1. The van der Waals surface area contributed by atoms with Crippen LogP contribution in [-0.4, -0.2) is 18.5 Å². The number of nitrogens with one attached hydrogen (secondary N) is 1. The Bertz CT molecular complexity index is 577. The van der Waals surface area contributed by atoms with Crippen LogP contribution in [-0.2, 0) is 14.3 Å². The molecule has 0 fully saturated rings. The molecule has 0 spiro atoms. The first-order valence-corrected chi connectivity index (χ1v) is 9.50. The Hall–Kier alpha value is -1.62. The zero-order valence-corrected chi connectivity index (χ0v) is 16.9. The Morgan fingerprint density at radius 3 is 2.48 bits per heavy atom. The largest absolute Gasteiger partial charge is 0.466 e. The minimum absolute atomic E-state index is 0.106. The van der Waals surface area contributed by atoms with Gasteiger partial charge in [-0.25, -0.2) is 0 Å². The Morgan fingerprint density at radius 2 is 1.84 bits per heavy atom. The lowest BCUT2D eigenvalue weighted by Crippen LogP contribution is -2.15. The van der Waals surface area contributed by atoms with Gasteiger partial charge < -0.3 is 10.1 Å². The quantitative estimate of drug-likeness (QED) is 0.410. The van der Waals surface area contributed by atoms with E-state index in [-0.39, 0.29) is 24.7 Å². The zero-order chi connectivity index (χ0) is 18.7. The molecule has 0 bridgehead atoms. The van der Waals surface area contributed by atoms with Crippen LogP contribution >= 0.6 is 15.9 Å². The molecule has 1 rings (SSSR count). The monoisotopic (exact) mass is 409 g/mol. The summed E-state index contributed by atoms with van der Waals surface area (Å²) in [6.07, 6.45) is 5.48. The van der Waals surface area contributed by atoms with Crippen LogP contribution in [0.1, 0.15) is 52.9 Å². The second-order valence-electron chi connectivity index (χ2n) is 6.53. The molecule has 0 aromatic heterocycles. The molecule has 0 heterocycles. The summed E-state index contributed by atoms with van der Waals surface area (Å²) < 4.78 is 6.16. The van der Waals surface area contributed by atoms with E-state index >= 15 is 0 Å². The highest BCUT2D eigenvalue weighted by Crippen LogP contribution is 2.15. The van der Waals surface area contributed by atoms with Crippen molar-refractivity contribution in [3.05, 3.63) is 40.4 Å². The summed E-state index contributed by atoms with van der Waals surface area (Å²) in [5.41, 5.74) is 2.05. The summed E-state index contributed by atoms with van der Waals surface area (Å²) in [7, 11) is 0. The van der Waals surface area contributed by atoms with Crippen LogP contribution in [0.25, 0.3) is 0 Å². The van der Waals surface area contributed by atoms with E-state index in [1.807, 2.05) is 12.1 Å². The van der Waals surface area contributed by atoms with Crippen LogP contribution in [0.5, 0.6) is 0 Å². The third kappa shape index (κ3) is 10.8. The number of rotatable bonds is 10. The smallest absolute Gasteiger partial charge is 0.306 e. The number of carbonyl (C=O) groups is 2. The highest BCUT2D eigenvalue weighted by atomic mass is 79.9. The van der Waals surface area contributed by atoms with Gasteiger partial charge in [0.25, 0.3) is 0 Å². The van der Waals surface area contributed by atoms with Gasteiger partial charge >= 0.3 is 5.97 Å². The third-order valence-electron chi connectivity index (χ3n) is 3.77. The second kappa shape index (κ2) is 11.9. The van der Waals surface area contributed by atoms with Crippen LogP contribution in [0, 0.1) is 5.92 Å². The van der Waals surface area contributed by atoms with E-state index in [0.29, 0.717) is 18.2 Å². The zero-order valence-electron chi connectivity index (χ0n) is 15.3. The van der Waals surface area contributed by atoms with Crippen molar-refractivity contribution in [2.45, 2.75) is 52.9 Å². The molecule has 0 unspecified atom stereocenters. The van der Waals surface area contributed by atoms with Crippen molar-refractivity contribution in [3.8, 4) is 0 Å². The Balaban J connectivity index is 2.14. The van der Waals surface area contributed by atoms with Gasteiger partial charge in [-0.1, -0.05) is 34.5 Å². The van der Waals surface area contributed by atoms with Gasteiger partial charge in [0.1, 0.15) is 0 Å². The molecule has 1 aromatic rings. The maximum atomic E-state index is 11.8. The molecule has 0 aliphatic rings. The molecule has 25 heavy (non-hydrogen) atoms. The van der Waals surface area contributed by atoms with Crippen LogP contribution in [0.3, 0.4) is 0 Å². The fraction of sp³-hybridized carbons (Fsp3) is 0.500. The highest BCUT2D eigenvalue weighted by Gasteiger charge is 2.09. The maximum absolute atomic E-state index is 11.8. The lowest BCUT2D eigenvalue weighted by atomic mass is 10.0. The number of hydrogen-bond donors (Lipinski definition) is 1. The molecule has 0 aliphatic carbocycles. The molecule has 1 amide bonds. The van der Waals surface area contributed by atoms with Crippen molar-refractivity contribution >= 4 is 33.5 Å². The van der Waals surface area contributed by atoms with Gasteiger partial charge in [0.05, 0.1) is 13.0 Å². The summed E-state index contributed by atoms with van der Waals surface area (Å²) in [4.78, 5) is 23.5. The van der Waals surface area contributed by atoms with Crippen LogP contribution in [0.4, 0.5) is 5.69 Å². The number of anilines is 1. The predicted octanol–water partition coefficient (Wildman–Crippen LogP) is 5.48. The molecule has 0 aliphatic heterocycles. The van der Waals surface area contributed by atoms with E-state index in [0.717, 1.165) is 23.7 Å². The number of ether oxygens (including phenoxy) is 1. The SMILES string of the molecule is CC(C)=CCC[C@H](C)CCOC(=O)CCC(=O)Nc1ccc(Br)cc1. The fourth-order valence-electron chi connectivity index (χ4n) is 2.22. The van der Waals surface area contributed by atoms with Gasteiger partial charge in [0.2, 0.25) is 5.91 Å². The molecule has 4 nitrogen and oxygen atoms in total. The number of hydrogen-bond acceptors (Lipinski definition) is 3. The molecule has 1 aromatic carbocycles. The van der Waals surface area contributed by atoms with Crippen molar-refractivity contribution in [2.75, 3.05) is 11.9 Å². The van der Waals surface area contributed by atoms with Crippen molar-refractivity contribution in [2.24, 2.45) is 5.92 Å². The Morgan fingerprint density at radius 1 is 1.16 bits per heavy atom. The first-order chi connectivity index (χ1) is 11.9. The molecule has 138 valence electrons. The first-order valence-electron chi connectivity index (χ1n) is 8.71. The molecule has 0 saturated heterocycles. The first kappa shape index (κ1) is 21.4. The van der Waals surface area contributed by atoms with Crippen molar-refractivity contribution < 1.29 is 14.3 Å². The van der Waals surface area contributed by atoms with E-state index in [2.05, 4.69) is 48.1 Å². The van der Waals surface area contributed by atoms with Gasteiger partial charge in [0.15, 0.2) is 0 Å². The van der Waals surface area contributed by atoms with E-state index in [1.165, 1.54) is 5.57 Å². The molecule has 0 saturated carbocycles. The lowest BCUT2D eigenvalue weighted by molar-refractivity contribution is -0.145. The fourth-order valence-corrected chi connectivity index (χ4v) is 2.48. The van der Waals surface area contributed by atoms with Gasteiger partial charge in [0, 0.05) is 16.6 Å². The minimum Gasteiger partial charge on any atom is -0.466 e. The Labute approximate surface area is 159 Å². The van der Waals surface area contributed by atoms with E-state index in [4.69, 9.17) is 4.74 Å². The van der Waals surface area contributed by atoms with Crippen molar-refractivity contribution in [3.63, 3.8) is 0 Å². The van der Waals surface area contributed by atoms with Crippen molar-refractivity contribution in [1.82, 2.24) is 0 Å². The molecule has 1 atom stereocenters. The number of amides is 1. The minimum atomic E-state index is -0.317. The van der Waals surface area contributed by atoms with Crippen LogP contribution < -0.4 is 5.32 Å². The van der Waals surface area contributed by atoms with Crippen LogP contribution in [0.2, 0.25) is 0 Å². The maximum Gasteiger partial charge on any atom is 0.306 e. The predicted molar refractivity (Wildman–Crippen MR) is 105 cm³/mol. The molecular weight excluding hydrogens is 382 g/mol. The molecule has 5 heteroatoms. The van der Waals surface area contributed by atoms with Crippen molar-refractivity contribution in [1.29, 1.82) is 0 Å². The number of allylic oxidation sites excluding steroid dienone is 2. The van der Waals surface area contributed by atoms with Gasteiger partial charge in [-0.2, -0.15) is 0 Å². The summed E-state index contributed by atoms with van der Waals surface area (Å²) in [6.45, 7) is 6.78. The second-order valence-corrected chi connectivity index (χ2v) is 7.44. The number of halogens is 1. The normalized spacial score (nSPS) is 11.5. The Kier molecular flexibility index (Phi) is 10.2. The van der Waals surface area contributed by atoms with Gasteiger partial charge in [-0.05, 0) is 63.3 Å².